The molecular weight excluding hydrogens is 399 g/mol. The maximum absolute atomic E-state index is 13.4. The van der Waals surface area contributed by atoms with E-state index in [2.05, 4.69) is 12.2 Å². The van der Waals surface area contributed by atoms with Gasteiger partial charge < -0.3 is 10.2 Å². The van der Waals surface area contributed by atoms with Crippen LogP contribution in [0.15, 0.2) is 48.5 Å². The Hall–Kier alpha value is -2.05. The van der Waals surface area contributed by atoms with Gasteiger partial charge in [-0.25, -0.2) is 4.39 Å². The molecule has 2 aromatic rings. The molecule has 7 heteroatoms. The van der Waals surface area contributed by atoms with E-state index in [0.717, 1.165) is 18.4 Å². The van der Waals surface area contributed by atoms with Gasteiger partial charge in [-0.05, 0) is 36.2 Å². The van der Waals surface area contributed by atoms with Crippen molar-refractivity contribution < 1.29 is 14.0 Å². The molecule has 0 radical (unpaired) electrons. The number of rotatable bonds is 6. The zero-order valence-corrected chi connectivity index (χ0v) is 17.1. The van der Waals surface area contributed by atoms with Gasteiger partial charge >= 0.3 is 0 Å². The fraction of sp³-hybridized carbons (Fsp3) is 0.333. The largest absolute Gasteiger partial charge is 0.354 e. The molecule has 1 aliphatic heterocycles. The fourth-order valence-corrected chi connectivity index (χ4v) is 4.77. The summed E-state index contributed by atoms with van der Waals surface area (Å²) in [6.45, 7) is 2.63. The lowest BCUT2D eigenvalue weighted by Gasteiger charge is -2.29. The molecule has 0 bridgehead atoms. The molecule has 0 aliphatic carbocycles. The summed E-state index contributed by atoms with van der Waals surface area (Å²) in [6.07, 6.45) is 1.85. The fourth-order valence-electron chi connectivity index (χ4n) is 3.12. The summed E-state index contributed by atoms with van der Waals surface area (Å²) in [7, 11) is 0. The molecule has 0 saturated carbocycles. The molecule has 1 fully saturated rings. The van der Waals surface area contributed by atoms with E-state index in [1.54, 1.807) is 41.3 Å². The molecule has 3 rings (SSSR count). The van der Waals surface area contributed by atoms with Gasteiger partial charge in [0.05, 0.1) is 10.6 Å². The SMILES string of the molecule is CCCCNC(=O)[C@H]1CS[C@@H](c2ccc(F)cc2)N1C(=O)c1ccccc1Cl. The van der Waals surface area contributed by atoms with Gasteiger partial charge in [0.2, 0.25) is 5.91 Å². The minimum Gasteiger partial charge on any atom is -0.354 e. The van der Waals surface area contributed by atoms with E-state index in [-0.39, 0.29) is 23.0 Å². The number of carbonyl (C=O) groups is 2. The van der Waals surface area contributed by atoms with E-state index in [1.807, 2.05) is 0 Å². The summed E-state index contributed by atoms with van der Waals surface area (Å²) in [6, 6.07) is 12.2. The first-order valence-electron chi connectivity index (χ1n) is 9.25. The number of unbranched alkanes of at least 4 members (excludes halogenated alkanes) is 1. The third-order valence-corrected chi connectivity index (χ3v) is 6.28. The summed E-state index contributed by atoms with van der Waals surface area (Å²) >= 11 is 7.73. The second-order valence-corrected chi connectivity index (χ2v) is 8.11. The zero-order valence-electron chi connectivity index (χ0n) is 15.5. The summed E-state index contributed by atoms with van der Waals surface area (Å²) in [4.78, 5) is 27.7. The molecule has 1 aliphatic rings. The third-order valence-electron chi connectivity index (χ3n) is 4.63. The second kappa shape index (κ2) is 9.43. The Bertz CT molecular complexity index is 847. The highest BCUT2D eigenvalue weighted by Gasteiger charge is 2.42. The van der Waals surface area contributed by atoms with E-state index in [1.165, 1.54) is 23.9 Å². The number of nitrogens with zero attached hydrogens (tertiary/aromatic N) is 1. The molecule has 1 N–H and O–H groups in total. The van der Waals surface area contributed by atoms with Crippen LogP contribution in [0.5, 0.6) is 0 Å². The van der Waals surface area contributed by atoms with Crippen LogP contribution < -0.4 is 5.32 Å². The van der Waals surface area contributed by atoms with Crippen LogP contribution in [0.1, 0.15) is 41.1 Å². The van der Waals surface area contributed by atoms with Crippen molar-refractivity contribution in [2.24, 2.45) is 0 Å². The smallest absolute Gasteiger partial charge is 0.257 e. The quantitative estimate of drug-likeness (QED) is 0.692. The highest BCUT2D eigenvalue weighted by Crippen LogP contribution is 2.42. The highest BCUT2D eigenvalue weighted by atomic mass is 35.5. The van der Waals surface area contributed by atoms with Gasteiger partial charge in [-0.1, -0.05) is 49.2 Å². The van der Waals surface area contributed by atoms with Crippen LogP contribution in [-0.2, 0) is 4.79 Å². The minimum absolute atomic E-state index is 0.175. The Kier molecular flexibility index (Phi) is 6.97. The standard InChI is InChI=1S/C21H22ClFN2O2S/c1-2-3-12-24-19(26)18-13-28-21(14-8-10-15(23)11-9-14)25(18)20(27)16-6-4-5-7-17(16)22/h4-11,18,21H,2-3,12-13H2,1H3,(H,24,26)/t18-,21+/m1/s1. The number of thioether (sulfide) groups is 1. The number of nitrogens with one attached hydrogen (secondary N) is 1. The van der Waals surface area contributed by atoms with E-state index >= 15 is 0 Å². The van der Waals surface area contributed by atoms with Crippen molar-refractivity contribution in [2.45, 2.75) is 31.2 Å². The topological polar surface area (TPSA) is 49.4 Å². The number of halogens is 2. The number of carbonyl (C=O) groups excluding carboxylic acids is 2. The first kappa shape index (κ1) is 20.7. The Morgan fingerprint density at radius 2 is 1.93 bits per heavy atom. The molecule has 2 aromatic carbocycles. The second-order valence-electron chi connectivity index (χ2n) is 6.59. The van der Waals surface area contributed by atoms with Gasteiger partial charge in [0.15, 0.2) is 0 Å². The molecule has 2 atom stereocenters. The molecule has 0 spiro atoms. The van der Waals surface area contributed by atoms with E-state index in [0.29, 0.717) is 22.9 Å². The zero-order chi connectivity index (χ0) is 20.1. The summed E-state index contributed by atoms with van der Waals surface area (Å²) in [5.41, 5.74) is 1.13. The third kappa shape index (κ3) is 4.50. The molecule has 148 valence electrons. The van der Waals surface area contributed by atoms with Gasteiger partial charge in [-0.3, -0.25) is 9.59 Å². The Labute approximate surface area is 173 Å². The van der Waals surface area contributed by atoms with Crippen molar-refractivity contribution in [3.8, 4) is 0 Å². The predicted octanol–water partition coefficient (Wildman–Crippen LogP) is 4.65. The number of amides is 2. The van der Waals surface area contributed by atoms with Crippen LogP contribution in [0.25, 0.3) is 0 Å². The molecular formula is C21H22ClFN2O2S. The molecule has 1 heterocycles. The Morgan fingerprint density at radius 1 is 1.21 bits per heavy atom. The molecule has 0 aromatic heterocycles. The monoisotopic (exact) mass is 420 g/mol. The summed E-state index contributed by atoms with van der Waals surface area (Å²) in [5, 5.41) is 2.88. The molecule has 4 nitrogen and oxygen atoms in total. The van der Waals surface area contributed by atoms with Crippen LogP contribution in [-0.4, -0.2) is 35.1 Å². The average molecular weight is 421 g/mol. The van der Waals surface area contributed by atoms with Crippen molar-refractivity contribution >= 4 is 35.2 Å². The first-order chi connectivity index (χ1) is 13.5. The number of hydrogen-bond donors (Lipinski definition) is 1. The van der Waals surface area contributed by atoms with Gasteiger partial charge in [0.1, 0.15) is 17.2 Å². The van der Waals surface area contributed by atoms with Crippen molar-refractivity contribution in [1.29, 1.82) is 0 Å². The lowest BCUT2D eigenvalue weighted by Crippen LogP contribution is -2.48. The van der Waals surface area contributed by atoms with Gasteiger partial charge in [-0.2, -0.15) is 0 Å². The Balaban J connectivity index is 1.92. The van der Waals surface area contributed by atoms with Gasteiger partial charge in [-0.15, -0.1) is 11.8 Å². The van der Waals surface area contributed by atoms with E-state index < -0.39 is 6.04 Å². The van der Waals surface area contributed by atoms with Crippen molar-refractivity contribution in [3.63, 3.8) is 0 Å². The first-order valence-corrected chi connectivity index (χ1v) is 10.7. The summed E-state index contributed by atoms with van der Waals surface area (Å²) in [5.74, 6) is -0.355. The molecule has 2 amide bonds. The maximum atomic E-state index is 13.4. The molecule has 0 unspecified atom stereocenters. The van der Waals surface area contributed by atoms with Gasteiger partial charge in [0, 0.05) is 12.3 Å². The molecule has 1 saturated heterocycles. The lowest BCUT2D eigenvalue weighted by atomic mass is 10.1. The number of hydrogen-bond acceptors (Lipinski definition) is 3. The molecule has 28 heavy (non-hydrogen) atoms. The average Bonchev–Trinajstić information content (AvgIpc) is 3.13. The van der Waals surface area contributed by atoms with E-state index in [4.69, 9.17) is 11.6 Å². The van der Waals surface area contributed by atoms with Crippen LogP contribution in [0.4, 0.5) is 4.39 Å². The Morgan fingerprint density at radius 3 is 2.61 bits per heavy atom. The van der Waals surface area contributed by atoms with Crippen molar-refractivity contribution in [2.75, 3.05) is 12.3 Å². The van der Waals surface area contributed by atoms with Crippen LogP contribution in [0.2, 0.25) is 5.02 Å². The summed E-state index contributed by atoms with van der Waals surface area (Å²) < 4.78 is 13.4. The lowest BCUT2D eigenvalue weighted by molar-refractivity contribution is -0.124. The van der Waals surface area contributed by atoms with Crippen LogP contribution >= 0.6 is 23.4 Å². The minimum atomic E-state index is -0.610. The van der Waals surface area contributed by atoms with Crippen LogP contribution in [0, 0.1) is 5.82 Å². The number of benzene rings is 2. The predicted molar refractivity (Wildman–Crippen MR) is 111 cm³/mol. The maximum Gasteiger partial charge on any atom is 0.257 e. The van der Waals surface area contributed by atoms with Crippen LogP contribution in [0.3, 0.4) is 0 Å². The van der Waals surface area contributed by atoms with Crippen molar-refractivity contribution in [3.05, 3.63) is 70.5 Å². The normalized spacial score (nSPS) is 18.9. The van der Waals surface area contributed by atoms with Crippen molar-refractivity contribution in [1.82, 2.24) is 10.2 Å². The highest BCUT2D eigenvalue weighted by molar-refractivity contribution is 7.99. The van der Waals surface area contributed by atoms with Gasteiger partial charge in [0.25, 0.3) is 5.91 Å². The van der Waals surface area contributed by atoms with E-state index in [9.17, 15) is 14.0 Å².